The Morgan fingerprint density at radius 3 is 2.67 bits per heavy atom. The van der Waals surface area contributed by atoms with E-state index in [4.69, 9.17) is 0 Å². The number of aryl methyl sites for hydroxylation is 1. The lowest BCUT2D eigenvalue weighted by Crippen LogP contribution is -2.14. The van der Waals surface area contributed by atoms with Crippen LogP contribution in [-0.2, 0) is 0 Å². The molecule has 7 nitrogen and oxygen atoms in total. The van der Waals surface area contributed by atoms with Crippen LogP contribution in [0.15, 0.2) is 24.3 Å². The fourth-order valence-corrected chi connectivity index (χ4v) is 1.87. The zero-order valence-electron chi connectivity index (χ0n) is 12.0. The van der Waals surface area contributed by atoms with E-state index in [1.165, 1.54) is 12.1 Å². The predicted molar refractivity (Wildman–Crippen MR) is 78.5 cm³/mol. The van der Waals surface area contributed by atoms with E-state index in [1.807, 2.05) is 13.8 Å². The molecule has 0 atom stereocenters. The second kappa shape index (κ2) is 5.74. The summed E-state index contributed by atoms with van der Waals surface area (Å²) in [6.07, 6.45) is 0. The highest BCUT2D eigenvalue weighted by molar-refractivity contribution is 6.06. The second-order valence-electron chi connectivity index (χ2n) is 5.10. The zero-order chi connectivity index (χ0) is 15.6. The molecule has 0 unspecified atom stereocenters. The van der Waals surface area contributed by atoms with E-state index in [0.29, 0.717) is 5.82 Å². The molecule has 0 saturated carbocycles. The summed E-state index contributed by atoms with van der Waals surface area (Å²) in [5.74, 6) is 0.0446. The Kier molecular flexibility index (Phi) is 4.02. The zero-order valence-corrected chi connectivity index (χ0v) is 12.0. The van der Waals surface area contributed by atoms with Gasteiger partial charge in [0.15, 0.2) is 5.82 Å². The summed E-state index contributed by atoms with van der Waals surface area (Å²) in [6, 6.07) is 6.13. The number of aromatic nitrogens is 2. The van der Waals surface area contributed by atoms with Gasteiger partial charge in [-0.25, -0.2) is 0 Å². The van der Waals surface area contributed by atoms with Crippen molar-refractivity contribution >= 4 is 17.4 Å². The van der Waals surface area contributed by atoms with Gasteiger partial charge in [-0.2, -0.15) is 5.10 Å². The predicted octanol–water partition coefficient (Wildman–Crippen LogP) is 3.00. The second-order valence-corrected chi connectivity index (χ2v) is 5.10. The quantitative estimate of drug-likeness (QED) is 0.667. The Morgan fingerprint density at radius 1 is 1.38 bits per heavy atom. The third-order valence-electron chi connectivity index (χ3n) is 3.05. The van der Waals surface area contributed by atoms with Gasteiger partial charge in [0.05, 0.1) is 4.92 Å². The normalized spacial score (nSPS) is 10.7. The Balaban J connectivity index is 2.27. The van der Waals surface area contributed by atoms with E-state index in [1.54, 1.807) is 19.1 Å². The fourth-order valence-electron chi connectivity index (χ4n) is 1.87. The van der Waals surface area contributed by atoms with Crippen molar-refractivity contribution in [2.45, 2.75) is 26.7 Å². The van der Waals surface area contributed by atoms with Crippen LogP contribution in [0.2, 0.25) is 0 Å². The summed E-state index contributed by atoms with van der Waals surface area (Å²) in [6.45, 7) is 5.75. The van der Waals surface area contributed by atoms with Crippen molar-refractivity contribution in [1.29, 1.82) is 0 Å². The van der Waals surface area contributed by atoms with Gasteiger partial charge < -0.3 is 5.32 Å². The molecule has 2 N–H and O–H groups in total. The average molecular weight is 288 g/mol. The van der Waals surface area contributed by atoms with Crippen molar-refractivity contribution < 1.29 is 9.72 Å². The Morgan fingerprint density at radius 2 is 2.10 bits per heavy atom. The van der Waals surface area contributed by atoms with Crippen LogP contribution in [0, 0.1) is 17.0 Å². The summed E-state index contributed by atoms with van der Waals surface area (Å²) < 4.78 is 0. The van der Waals surface area contributed by atoms with Crippen molar-refractivity contribution in [2.75, 3.05) is 5.32 Å². The fraction of sp³-hybridized carbons (Fsp3) is 0.286. The number of nitrogens with zero attached hydrogens (tertiary/aromatic N) is 2. The monoisotopic (exact) mass is 288 g/mol. The third-order valence-corrected chi connectivity index (χ3v) is 3.05. The number of hydrogen-bond acceptors (Lipinski definition) is 4. The van der Waals surface area contributed by atoms with Crippen LogP contribution >= 0.6 is 0 Å². The number of nitro benzene ring substituents is 1. The van der Waals surface area contributed by atoms with Gasteiger partial charge in [-0.15, -0.1) is 0 Å². The molecule has 2 rings (SSSR count). The number of carbonyl (C=O) groups excluding carboxylic acids is 1. The Hall–Kier alpha value is -2.70. The van der Waals surface area contributed by atoms with Crippen molar-refractivity contribution in [2.24, 2.45) is 0 Å². The molecule has 0 saturated heterocycles. The van der Waals surface area contributed by atoms with E-state index in [2.05, 4.69) is 15.5 Å². The molecule has 0 radical (unpaired) electrons. The molecule has 0 spiro atoms. The number of rotatable bonds is 4. The average Bonchev–Trinajstić information content (AvgIpc) is 2.86. The number of carbonyl (C=O) groups is 1. The molecular formula is C14H16N4O3. The minimum Gasteiger partial charge on any atom is -0.305 e. The first-order valence-electron chi connectivity index (χ1n) is 6.50. The number of aromatic amines is 1. The number of hydrogen-bond donors (Lipinski definition) is 2. The van der Waals surface area contributed by atoms with Crippen molar-refractivity contribution in [1.82, 2.24) is 10.2 Å². The van der Waals surface area contributed by atoms with E-state index in [-0.39, 0.29) is 17.2 Å². The van der Waals surface area contributed by atoms with Gasteiger partial charge in [0.25, 0.3) is 11.6 Å². The molecule has 0 aliphatic rings. The lowest BCUT2D eigenvalue weighted by molar-refractivity contribution is -0.385. The maximum Gasteiger partial charge on any atom is 0.282 e. The maximum atomic E-state index is 12.2. The van der Waals surface area contributed by atoms with Crippen molar-refractivity contribution in [3.05, 3.63) is 51.2 Å². The lowest BCUT2D eigenvalue weighted by Gasteiger charge is -2.04. The molecule has 1 heterocycles. The Bertz CT molecular complexity index is 691. The maximum absolute atomic E-state index is 12.2. The van der Waals surface area contributed by atoms with Gasteiger partial charge >= 0.3 is 0 Å². The summed E-state index contributed by atoms with van der Waals surface area (Å²) >= 11 is 0. The van der Waals surface area contributed by atoms with Crippen LogP contribution in [0.5, 0.6) is 0 Å². The molecule has 110 valence electrons. The minimum absolute atomic E-state index is 0.0223. The SMILES string of the molecule is Cc1ccc([N+](=O)[O-])c(C(=O)Nc2cc(C(C)C)[nH]n2)c1. The molecule has 7 heteroatoms. The van der Waals surface area contributed by atoms with E-state index in [9.17, 15) is 14.9 Å². The van der Waals surface area contributed by atoms with E-state index in [0.717, 1.165) is 11.3 Å². The number of H-pyrrole nitrogens is 1. The van der Waals surface area contributed by atoms with Crippen LogP contribution in [0.25, 0.3) is 0 Å². The van der Waals surface area contributed by atoms with E-state index < -0.39 is 10.8 Å². The van der Waals surface area contributed by atoms with Crippen LogP contribution in [0.3, 0.4) is 0 Å². The standard InChI is InChI=1S/C14H16N4O3/c1-8(2)11-7-13(17-16-11)15-14(19)10-6-9(3)4-5-12(10)18(20)21/h4-8H,1-3H3,(H2,15,16,17,19). The molecule has 21 heavy (non-hydrogen) atoms. The highest BCUT2D eigenvalue weighted by Gasteiger charge is 2.21. The number of anilines is 1. The topological polar surface area (TPSA) is 101 Å². The molecular weight excluding hydrogens is 272 g/mol. The molecule has 2 aromatic rings. The van der Waals surface area contributed by atoms with Gasteiger partial charge in [-0.05, 0) is 24.5 Å². The number of amides is 1. The molecule has 1 aromatic heterocycles. The molecule has 0 fully saturated rings. The largest absolute Gasteiger partial charge is 0.305 e. The van der Waals surface area contributed by atoms with E-state index >= 15 is 0 Å². The molecule has 1 amide bonds. The molecule has 0 aliphatic heterocycles. The highest BCUT2D eigenvalue weighted by Crippen LogP contribution is 2.21. The van der Waals surface area contributed by atoms with Crippen LogP contribution in [0.1, 0.15) is 41.4 Å². The van der Waals surface area contributed by atoms with Crippen LogP contribution in [-0.4, -0.2) is 21.0 Å². The summed E-state index contributed by atoms with van der Waals surface area (Å²) in [4.78, 5) is 22.6. The first-order valence-corrected chi connectivity index (χ1v) is 6.50. The smallest absolute Gasteiger partial charge is 0.282 e. The Labute approximate surface area is 121 Å². The molecule has 0 aliphatic carbocycles. The van der Waals surface area contributed by atoms with Gasteiger partial charge in [0.2, 0.25) is 0 Å². The molecule has 1 aromatic carbocycles. The minimum atomic E-state index is -0.571. The first-order chi connectivity index (χ1) is 9.88. The summed E-state index contributed by atoms with van der Waals surface area (Å²) in [5.41, 5.74) is 1.45. The molecule has 0 bridgehead atoms. The summed E-state index contributed by atoms with van der Waals surface area (Å²) in [7, 11) is 0. The first kappa shape index (κ1) is 14.7. The van der Waals surface area contributed by atoms with Gasteiger partial charge in [0.1, 0.15) is 5.56 Å². The van der Waals surface area contributed by atoms with Crippen LogP contribution in [0.4, 0.5) is 11.5 Å². The van der Waals surface area contributed by atoms with Crippen molar-refractivity contribution in [3.8, 4) is 0 Å². The van der Waals surface area contributed by atoms with Crippen molar-refractivity contribution in [3.63, 3.8) is 0 Å². The lowest BCUT2D eigenvalue weighted by atomic mass is 10.1. The van der Waals surface area contributed by atoms with Gasteiger partial charge in [0, 0.05) is 17.8 Å². The summed E-state index contributed by atoms with van der Waals surface area (Å²) in [5, 5.41) is 20.3. The number of nitrogens with one attached hydrogen (secondary N) is 2. The third kappa shape index (κ3) is 3.25. The highest BCUT2D eigenvalue weighted by atomic mass is 16.6. The number of benzene rings is 1. The number of nitro groups is 1. The van der Waals surface area contributed by atoms with Gasteiger partial charge in [-0.3, -0.25) is 20.0 Å². The van der Waals surface area contributed by atoms with Gasteiger partial charge in [-0.1, -0.05) is 19.9 Å². The van der Waals surface area contributed by atoms with Crippen LogP contribution < -0.4 is 5.32 Å².